The van der Waals surface area contributed by atoms with Crippen molar-refractivity contribution < 1.29 is 9.90 Å². The molecule has 0 saturated carbocycles. The van der Waals surface area contributed by atoms with Crippen LogP contribution in [0.4, 0.5) is 0 Å². The van der Waals surface area contributed by atoms with Gasteiger partial charge in [-0.25, -0.2) is 4.98 Å². The molecule has 1 aromatic rings. The zero-order valence-electron chi connectivity index (χ0n) is 8.82. The van der Waals surface area contributed by atoms with E-state index in [1.165, 1.54) is 0 Å². The van der Waals surface area contributed by atoms with E-state index in [1.54, 1.807) is 20.0 Å². The maximum absolute atomic E-state index is 10.9. The molecule has 14 heavy (non-hydrogen) atoms. The number of aromatic nitrogens is 2. The van der Waals surface area contributed by atoms with Gasteiger partial charge in [0.15, 0.2) is 0 Å². The number of hydrogen-bond acceptors (Lipinski definition) is 2. The summed E-state index contributed by atoms with van der Waals surface area (Å²) in [5.41, 5.74) is -0.752. The molecule has 0 spiro atoms. The number of carboxylic acids is 1. The molecule has 0 bridgehead atoms. The monoisotopic (exact) mass is 196 g/mol. The molecule has 0 aliphatic heterocycles. The van der Waals surface area contributed by atoms with Crippen molar-refractivity contribution in [3.63, 3.8) is 0 Å². The van der Waals surface area contributed by atoms with Crippen LogP contribution >= 0.6 is 0 Å². The van der Waals surface area contributed by atoms with Crippen LogP contribution in [0.3, 0.4) is 0 Å². The molecule has 1 N–H and O–H groups in total. The Balaban J connectivity index is 2.83. The summed E-state index contributed by atoms with van der Waals surface area (Å²) >= 11 is 0. The predicted molar refractivity (Wildman–Crippen MR) is 53.0 cm³/mol. The van der Waals surface area contributed by atoms with Crippen LogP contribution in [0, 0.1) is 5.41 Å². The molecule has 0 radical (unpaired) electrons. The maximum atomic E-state index is 10.9. The van der Waals surface area contributed by atoms with Gasteiger partial charge in [-0.3, -0.25) is 4.79 Å². The van der Waals surface area contributed by atoms with Crippen molar-refractivity contribution in [2.75, 3.05) is 0 Å². The Kier molecular flexibility index (Phi) is 2.93. The molecule has 0 aliphatic carbocycles. The molecule has 0 fully saturated rings. The fourth-order valence-corrected chi connectivity index (χ4v) is 1.27. The van der Waals surface area contributed by atoms with E-state index < -0.39 is 11.4 Å². The highest BCUT2D eigenvalue weighted by molar-refractivity contribution is 5.73. The molecule has 4 nitrogen and oxygen atoms in total. The van der Waals surface area contributed by atoms with Gasteiger partial charge in [0.05, 0.1) is 5.41 Å². The molecule has 1 rings (SSSR count). The Morgan fingerprint density at radius 2 is 2.29 bits per heavy atom. The van der Waals surface area contributed by atoms with Crippen molar-refractivity contribution in [2.24, 2.45) is 5.41 Å². The standard InChI is InChI=1S/C10H16N2O2/c1-4-12-6-5-11-8(12)7-10(2,3)9(13)14/h5-6H,4,7H2,1-3H3,(H,13,14). The minimum Gasteiger partial charge on any atom is -0.481 e. The number of carboxylic acid groups (broad SMARTS) is 1. The van der Waals surface area contributed by atoms with Crippen LogP contribution in [0.2, 0.25) is 0 Å². The van der Waals surface area contributed by atoms with E-state index >= 15 is 0 Å². The summed E-state index contributed by atoms with van der Waals surface area (Å²) in [6.07, 6.45) is 4.03. The highest BCUT2D eigenvalue weighted by Gasteiger charge is 2.28. The third-order valence-electron chi connectivity index (χ3n) is 2.32. The van der Waals surface area contributed by atoms with Gasteiger partial charge in [0.25, 0.3) is 0 Å². The molecule has 0 atom stereocenters. The average Bonchev–Trinajstić information content (AvgIpc) is 2.50. The smallest absolute Gasteiger partial charge is 0.309 e. The first-order chi connectivity index (χ1) is 6.47. The molecular formula is C10H16N2O2. The summed E-state index contributed by atoms with van der Waals surface area (Å²) in [5, 5.41) is 8.97. The van der Waals surface area contributed by atoms with E-state index in [0.717, 1.165) is 12.4 Å². The van der Waals surface area contributed by atoms with E-state index in [9.17, 15) is 4.79 Å². The van der Waals surface area contributed by atoms with E-state index in [1.807, 2.05) is 17.7 Å². The van der Waals surface area contributed by atoms with Gasteiger partial charge in [0.2, 0.25) is 0 Å². The summed E-state index contributed by atoms with van der Waals surface area (Å²) in [5.74, 6) is 0.0445. The fraction of sp³-hybridized carbons (Fsp3) is 0.600. The molecule has 0 unspecified atom stereocenters. The lowest BCUT2D eigenvalue weighted by Gasteiger charge is -2.18. The Labute approximate surface area is 83.6 Å². The van der Waals surface area contributed by atoms with Gasteiger partial charge < -0.3 is 9.67 Å². The quantitative estimate of drug-likeness (QED) is 0.795. The number of carbonyl (C=O) groups is 1. The van der Waals surface area contributed by atoms with Crippen molar-refractivity contribution in [3.05, 3.63) is 18.2 Å². The van der Waals surface area contributed by atoms with Gasteiger partial charge in [0.1, 0.15) is 5.82 Å². The molecule has 0 aromatic carbocycles. The lowest BCUT2D eigenvalue weighted by atomic mass is 9.89. The fourth-order valence-electron chi connectivity index (χ4n) is 1.27. The molecular weight excluding hydrogens is 180 g/mol. The number of imidazole rings is 1. The van der Waals surface area contributed by atoms with Crippen molar-refractivity contribution in [1.29, 1.82) is 0 Å². The van der Waals surface area contributed by atoms with Crippen molar-refractivity contribution in [3.8, 4) is 0 Å². The van der Waals surface area contributed by atoms with Gasteiger partial charge in [-0.2, -0.15) is 0 Å². The summed E-state index contributed by atoms with van der Waals surface area (Å²) in [4.78, 5) is 15.1. The second-order valence-corrected chi connectivity index (χ2v) is 4.00. The van der Waals surface area contributed by atoms with Crippen molar-refractivity contribution >= 4 is 5.97 Å². The average molecular weight is 196 g/mol. The number of rotatable bonds is 4. The first-order valence-electron chi connectivity index (χ1n) is 4.71. The predicted octanol–water partition coefficient (Wildman–Crippen LogP) is 1.56. The van der Waals surface area contributed by atoms with E-state index in [2.05, 4.69) is 4.98 Å². The number of aryl methyl sites for hydroxylation is 1. The Hall–Kier alpha value is -1.32. The number of hydrogen-bond donors (Lipinski definition) is 1. The highest BCUT2D eigenvalue weighted by atomic mass is 16.4. The molecule has 0 amide bonds. The third kappa shape index (κ3) is 2.13. The second kappa shape index (κ2) is 3.82. The van der Waals surface area contributed by atoms with Crippen LogP contribution in [0.5, 0.6) is 0 Å². The van der Waals surface area contributed by atoms with Crippen molar-refractivity contribution in [1.82, 2.24) is 9.55 Å². The van der Waals surface area contributed by atoms with Crippen LogP contribution in [0.1, 0.15) is 26.6 Å². The Morgan fingerprint density at radius 3 is 2.79 bits per heavy atom. The van der Waals surface area contributed by atoms with Crippen molar-refractivity contribution in [2.45, 2.75) is 33.7 Å². The number of aliphatic carboxylic acids is 1. The van der Waals surface area contributed by atoms with Crippen LogP contribution in [0.15, 0.2) is 12.4 Å². The highest BCUT2D eigenvalue weighted by Crippen LogP contribution is 2.20. The van der Waals surface area contributed by atoms with E-state index in [4.69, 9.17) is 5.11 Å². The van der Waals surface area contributed by atoms with Gasteiger partial charge in [-0.05, 0) is 20.8 Å². The Morgan fingerprint density at radius 1 is 1.64 bits per heavy atom. The SMILES string of the molecule is CCn1ccnc1CC(C)(C)C(=O)O. The van der Waals surface area contributed by atoms with Crippen LogP contribution in [0.25, 0.3) is 0 Å². The van der Waals surface area contributed by atoms with Crippen LogP contribution < -0.4 is 0 Å². The minimum atomic E-state index is -0.789. The summed E-state index contributed by atoms with van der Waals surface area (Å²) < 4.78 is 1.96. The van der Waals surface area contributed by atoms with Gasteiger partial charge in [-0.1, -0.05) is 0 Å². The molecule has 0 aliphatic rings. The minimum absolute atomic E-state index is 0.461. The summed E-state index contributed by atoms with van der Waals surface area (Å²) in [6.45, 7) is 6.26. The normalized spacial score (nSPS) is 11.6. The Bertz CT molecular complexity index is 329. The molecule has 1 heterocycles. The first kappa shape index (κ1) is 10.8. The third-order valence-corrected chi connectivity index (χ3v) is 2.32. The van der Waals surface area contributed by atoms with E-state index in [0.29, 0.717) is 6.42 Å². The van der Waals surface area contributed by atoms with Crippen LogP contribution in [-0.2, 0) is 17.8 Å². The molecule has 1 aromatic heterocycles. The lowest BCUT2D eigenvalue weighted by Crippen LogP contribution is -2.27. The topological polar surface area (TPSA) is 55.1 Å². The summed E-state index contributed by atoms with van der Waals surface area (Å²) in [6, 6.07) is 0. The van der Waals surface area contributed by atoms with Gasteiger partial charge in [-0.15, -0.1) is 0 Å². The largest absolute Gasteiger partial charge is 0.481 e. The van der Waals surface area contributed by atoms with Gasteiger partial charge >= 0.3 is 5.97 Å². The lowest BCUT2D eigenvalue weighted by molar-refractivity contribution is -0.146. The molecule has 0 saturated heterocycles. The zero-order valence-corrected chi connectivity index (χ0v) is 8.82. The molecule has 4 heteroatoms. The summed E-state index contributed by atoms with van der Waals surface area (Å²) in [7, 11) is 0. The zero-order chi connectivity index (χ0) is 10.8. The number of nitrogens with zero attached hydrogens (tertiary/aromatic N) is 2. The first-order valence-corrected chi connectivity index (χ1v) is 4.71. The van der Waals surface area contributed by atoms with E-state index in [-0.39, 0.29) is 0 Å². The maximum Gasteiger partial charge on any atom is 0.309 e. The van der Waals surface area contributed by atoms with Gasteiger partial charge in [0, 0.05) is 25.4 Å². The second-order valence-electron chi connectivity index (χ2n) is 4.00. The van der Waals surface area contributed by atoms with Crippen LogP contribution in [-0.4, -0.2) is 20.6 Å². The molecule has 78 valence electrons.